The lowest BCUT2D eigenvalue weighted by Crippen LogP contribution is -2.22. The van der Waals surface area contributed by atoms with Gasteiger partial charge in [-0.3, -0.25) is 4.79 Å². The lowest BCUT2D eigenvalue weighted by Gasteiger charge is -2.06. The summed E-state index contributed by atoms with van der Waals surface area (Å²) in [4.78, 5) is 10.9. The highest BCUT2D eigenvalue weighted by Gasteiger charge is 2.00. The van der Waals surface area contributed by atoms with Crippen molar-refractivity contribution in [3.05, 3.63) is 53.5 Å². The van der Waals surface area contributed by atoms with Crippen molar-refractivity contribution in [2.45, 2.75) is 0 Å². The molecule has 1 aromatic carbocycles. The maximum atomic E-state index is 10.9. The highest BCUT2D eigenvalue weighted by molar-refractivity contribution is 9.10. The molecule has 0 unspecified atom stereocenters. The SMILES string of the molecule is C=CC(=O)NCC(=C)c1ccc(Br)cc1. The molecule has 0 aromatic heterocycles. The summed E-state index contributed by atoms with van der Waals surface area (Å²) in [5.74, 6) is -0.187. The molecule has 0 aliphatic rings. The summed E-state index contributed by atoms with van der Waals surface area (Å²) < 4.78 is 1.02. The third-order valence-corrected chi connectivity index (χ3v) is 2.44. The van der Waals surface area contributed by atoms with Gasteiger partial charge >= 0.3 is 0 Å². The number of benzene rings is 1. The predicted octanol–water partition coefficient (Wildman–Crippen LogP) is 2.76. The van der Waals surface area contributed by atoms with Crippen LogP contribution in [0.1, 0.15) is 5.56 Å². The average Bonchev–Trinajstić information content (AvgIpc) is 2.26. The molecule has 0 fully saturated rings. The number of nitrogens with one attached hydrogen (secondary N) is 1. The van der Waals surface area contributed by atoms with Crippen molar-refractivity contribution in [1.82, 2.24) is 5.32 Å². The first-order valence-electron chi connectivity index (χ1n) is 4.47. The number of hydrogen-bond donors (Lipinski definition) is 1. The van der Waals surface area contributed by atoms with Crippen molar-refractivity contribution in [3.8, 4) is 0 Å². The number of carbonyl (C=O) groups excluding carboxylic acids is 1. The van der Waals surface area contributed by atoms with Crippen LogP contribution in [0.3, 0.4) is 0 Å². The minimum atomic E-state index is -0.187. The van der Waals surface area contributed by atoms with E-state index in [9.17, 15) is 4.79 Å². The number of amides is 1. The van der Waals surface area contributed by atoms with Crippen LogP contribution < -0.4 is 5.32 Å². The predicted molar refractivity (Wildman–Crippen MR) is 66.4 cm³/mol. The number of rotatable bonds is 4. The molecule has 2 nitrogen and oxygen atoms in total. The summed E-state index contributed by atoms with van der Waals surface area (Å²) >= 11 is 3.36. The Morgan fingerprint density at radius 2 is 2.00 bits per heavy atom. The summed E-state index contributed by atoms with van der Waals surface area (Å²) in [6, 6.07) is 7.78. The monoisotopic (exact) mass is 265 g/mol. The van der Waals surface area contributed by atoms with Gasteiger partial charge in [0.2, 0.25) is 5.91 Å². The molecule has 0 atom stereocenters. The standard InChI is InChI=1S/C12H12BrNO/c1-3-12(15)14-8-9(2)10-4-6-11(13)7-5-10/h3-7H,1-2,8H2,(H,14,15). The molecule has 0 spiro atoms. The van der Waals surface area contributed by atoms with Gasteiger partial charge in [0.25, 0.3) is 0 Å². The number of hydrogen-bond acceptors (Lipinski definition) is 1. The fourth-order valence-electron chi connectivity index (χ4n) is 1.05. The van der Waals surface area contributed by atoms with E-state index in [4.69, 9.17) is 0 Å². The van der Waals surface area contributed by atoms with Crippen LogP contribution in [-0.2, 0) is 4.79 Å². The van der Waals surface area contributed by atoms with E-state index in [0.717, 1.165) is 15.6 Å². The van der Waals surface area contributed by atoms with Crippen LogP contribution in [0.2, 0.25) is 0 Å². The van der Waals surface area contributed by atoms with Crippen molar-refractivity contribution >= 4 is 27.4 Å². The zero-order valence-corrected chi connectivity index (χ0v) is 9.88. The zero-order valence-electron chi connectivity index (χ0n) is 8.29. The van der Waals surface area contributed by atoms with Gasteiger partial charge in [-0.05, 0) is 29.3 Å². The largest absolute Gasteiger partial charge is 0.348 e. The van der Waals surface area contributed by atoms with E-state index in [1.54, 1.807) is 0 Å². The van der Waals surface area contributed by atoms with E-state index in [1.807, 2.05) is 24.3 Å². The summed E-state index contributed by atoms with van der Waals surface area (Å²) in [7, 11) is 0. The van der Waals surface area contributed by atoms with E-state index in [0.29, 0.717) is 6.54 Å². The second-order valence-electron chi connectivity index (χ2n) is 3.03. The number of carbonyl (C=O) groups is 1. The van der Waals surface area contributed by atoms with Crippen LogP contribution in [-0.4, -0.2) is 12.5 Å². The lowest BCUT2D eigenvalue weighted by molar-refractivity contribution is -0.116. The van der Waals surface area contributed by atoms with Crippen LogP contribution in [0.5, 0.6) is 0 Å². The number of halogens is 1. The second kappa shape index (κ2) is 5.51. The minimum Gasteiger partial charge on any atom is -0.348 e. The Bertz CT molecular complexity index is 381. The van der Waals surface area contributed by atoms with Crippen molar-refractivity contribution in [2.24, 2.45) is 0 Å². The first-order valence-corrected chi connectivity index (χ1v) is 5.27. The van der Waals surface area contributed by atoms with Crippen molar-refractivity contribution in [3.63, 3.8) is 0 Å². The Hall–Kier alpha value is -1.35. The average molecular weight is 266 g/mol. The fourth-order valence-corrected chi connectivity index (χ4v) is 1.32. The van der Waals surface area contributed by atoms with Gasteiger partial charge in [0.15, 0.2) is 0 Å². The van der Waals surface area contributed by atoms with Crippen LogP contribution in [0.4, 0.5) is 0 Å². The van der Waals surface area contributed by atoms with Crippen LogP contribution in [0.15, 0.2) is 48.0 Å². The summed E-state index contributed by atoms with van der Waals surface area (Å²) in [5, 5.41) is 2.68. The van der Waals surface area contributed by atoms with E-state index in [-0.39, 0.29) is 5.91 Å². The molecule has 1 amide bonds. The maximum absolute atomic E-state index is 10.9. The molecule has 3 heteroatoms. The quantitative estimate of drug-likeness (QED) is 0.834. The van der Waals surface area contributed by atoms with Gasteiger partial charge in [-0.2, -0.15) is 0 Å². The molecule has 0 aliphatic carbocycles. The molecular weight excluding hydrogens is 254 g/mol. The maximum Gasteiger partial charge on any atom is 0.243 e. The zero-order chi connectivity index (χ0) is 11.3. The lowest BCUT2D eigenvalue weighted by atomic mass is 10.1. The van der Waals surface area contributed by atoms with Crippen molar-refractivity contribution < 1.29 is 4.79 Å². The fraction of sp³-hybridized carbons (Fsp3) is 0.0833. The third-order valence-electron chi connectivity index (χ3n) is 1.91. The first kappa shape index (κ1) is 11.7. The Morgan fingerprint density at radius 1 is 1.40 bits per heavy atom. The van der Waals surface area contributed by atoms with E-state index in [2.05, 4.69) is 34.4 Å². The van der Waals surface area contributed by atoms with E-state index < -0.39 is 0 Å². The topological polar surface area (TPSA) is 29.1 Å². The molecule has 0 radical (unpaired) electrons. The summed E-state index contributed by atoms with van der Waals surface area (Å²) in [6.45, 7) is 7.71. The highest BCUT2D eigenvalue weighted by atomic mass is 79.9. The van der Waals surface area contributed by atoms with E-state index in [1.165, 1.54) is 6.08 Å². The minimum absolute atomic E-state index is 0.187. The van der Waals surface area contributed by atoms with Gasteiger partial charge in [0, 0.05) is 11.0 Å². The second-order valence-corrected chi connectivity index (χ2v) is 3.95. The highest BCUT2D eigenvalue weighted by Crippen LogP contribution is 2.15. The molecule has 1 N–H and O–H groups in total. The molecule has 0 saturated carbocycles. The van der Waals surface area contributed by atoms with Gasteiger partial charge < -0.3 is 5.32 Å². The first-order chi connectivity index (χ1) is 7.13. The van der Waals surface area contributed by atoms with Crippen LogP contribution in [0, 0.1) is 0 Å². The Kier molecular flexibility index (Phi) is 4.31. The molecule has 78 valence electrons. The van der Waals surface area contributed by atoms with Crippen LogP contribution in [0.25, 0.3) is 5.57 Å². The Balaban J connectivity index is 2.57. The van der Waals surface area contributed by atoms with Gasteiger partial charge in [-0.1, -0.05) is 41.2 Å². The van der Waals surface area contributed by atoms with E-state index >= 15 is 0 Å². The molecule has 0 bridgehead atoms. The van der Waals surface area contributed by atoms with Crippen LogP contribution >= 0.6 is 15.9 Å². The van der Waals surface area contributed by atoms with Gasteiger partial charge in [-0.25, -0.2) is 0 Å². The van der Waals surface area contributed by atoms with Gasteiger partial charge in [-0.15, -0.1) is 0 Å². The summed E-state index contributed by atoms with van der Waals surface area (Å²) in [6.07, 6.45) is 1.24. The van der Waals surface area contributed by atoms with Crippen molar-refractivity contribution in [1.29, 1.82) is 0 Å². The smallest absolute Gasteiger partial charge is 0.243 e. The molecule has 0 aliphatic heterocycles. The Morgan fingerprint density at radius 3 is 2.53 bits per heavy atom. The molecule has 1 rings (SSSR count). The van der Waals surface area contributed by atoms with Gasteiger partial charge in [0.1, 0.15) is 0 Å². The summed E-state index contributed by atoms with van der Waals surface area (Å²) in [5.41, 5.74) is 1.89. The normalized spacial score (nSPS) is 9.40. The molecule has 1 aromatic rings. The van der Waals surface area contributed by atoms with Crippen molar-refractivity contribution in [2.75, 3.05) is 6.54 Å². The molecule has 15 heavy (non-hydrogen) atoms. The third kappa shape index (κ3) is 3.72. The molecule has 0 saturated heterocycles. The molecular formula is C12H12BrNO. The Labute approximate surface area is 97.8 Å². The van der Waals surface area contributed by atoms with Gasteiger partial charge in [0.05, 0.1) is 0 Å². The molecule has 0 heterocycles.